The zero-order valence-electron chi connectivity index (χ0n) is 11.7. The Hall–Kier alpha value is -2.37. The van der Waals surface area contributed by atoms with Gasteiger partial charge in [0.25, 0.3) is 0 Å². The lowest BCUT2D eigenvalue weighted by atomic mass is 9.79. The summed E-state index contributed by atoms with van der Waals surface area (Å²) < 4.78 is 13.9. The molecule has 1 aromatic rings. The molecule has 1 N–H and O–H groups in total. The molecule has 1 saturated heterocycles. The number of benzene rings is 1. The molecule has 2 unspecified atom stereocenters. The van der Waals surface area contributed by atoms with Gasteiger partial charge in [-0.25, -0.2) is 4.39 Å². The van der Waals surface area contributed by atoms with Crippen molar-refractivity contribution in [2.24, 2.45) is 11.8 Å². The minimum atomic E-state index is -0.709. The molecule has 1 aliphatic heterocycles. The highest BCUT2D eigenvalue weighted by Crippen LogP contribution is 2.33. The second kappa shape index (κ2) is 5.44. The van der Waals surface area contributed by atoms with Crippen LogP contribution in [0.2, 0.25) is 0 Å². The van der Waals surface area contributed by atoms with Crippen LogP contribution in [0, 0.1) is 17.7 Å². The van der Waals surface area contributed by atoms with Gasteiger partial charge in [-0.2, -0.15) is 0 Å². The first-order valence-corrected chi connectivity index (χ1v) is 7.18. The van der Waals surface area contributed by atoms with Crippen molar-refractivity contribution in [3.8, 4) is 0 Å². The average molecular weight is 303 g/mol. The Balaban J connectivity index is 1.99. The Labute approximate surface area is 125 Å². The Morgan fingerprint density at radius 2 is 1.73 bits per heavy atom. The number of hydrogen-bond donors (Lipinski definition) is 1. The largest absolute Gasteiger partial charge is 0.296 e. The van der Waals surface area contributed by atoms with Crippen LogP contribution in [-0.4, -0.2) is 23.4 Å². The molecule has 22 heavy (non-hydrogen) atoms. The summed E-state index contributed by atoms with van der Waals surface area (Å²) in [6.07, 6.45) is 0.657. The molecule has 6 heteroatoms. The topological polar surface area (TPSA) is 80.3 Å². The van der Waals surface area contributed by atoms with E-state index in [-0.39, 0.29) is 42.7 Å². The quantitative estimate of drug-likeness (QED) is 0.632. The third-order valence-electron chi connectivity index (χ3n) is 4.34. The van der Waals surface area contributed by atoms with Gasteiger partial charge in [0, 0.05) is 30.2 Å². The number of halogens is 1. The van der Waals surface area contributed by atoms with E-state index in [2.05, 4.69) is 5.32 Å². The second-order valence-corrected chi connectivity index (χ2v) is 5.65. The van der Waals surface area contributed by atoms with Gasteiger partial charge >= 0.3 is 0 Å². The highest BCUT2D eigenvalue weighted by Gasteiger charge is 2.40. The van der Waals surface area contributed by atoms with Gasteiger partial charge in [0.05, 0.1) is 5.56 Å². The Bertz CT molecular complexity index is 697. The van der Waals surface area contributed by atoms with Crippen molar-refractivity contribution >= 4 is 23.4 Å². The molecule has 5 nitrogen and oxygen atoms in total. The van der Waals surface area contributed by atoms with Gasteiger partial charge in [-0.1, -0.05) is 12.1 Å². The maximum Gasteiger partial charge on any atom is 0.230 e. The second-order valence-electron chi connectivity index (χ2n) is 5.65. The fourth-order valence-corrected chi connectivity index (χ4v) is 3.23. The SMILES string of the molecule is O=C1CCC(C2CCC(=O)c3c(F)cccc3C2=O)C(=O)N1. The van der Waals surface area contributed by atoms with Gasteiger partial charge in [0.15, 0.2) is 11.6 Å². The molecule has 2 aliphatic rings. The molecule has 114 valence electrons. The van der Waals surface area contributed by atoms with Crippen LogP contribution in [0.5, 0.6) is 0 Å². The van der Waals surface area contributed by atoms with E-state index in [1.54, 1.807) is 0 Å². The van der Waals surface area contributed by atoms with Crippen LogP contribution in [-0.2, 0) is 9.59 Å². The molecule has 0 radical (unpaired) electrons. The Morgan fingerprint density at radius 3 is 2.45 bits per heavy atom. The Morgan fingerprint density at radius 1 is 1.00 bits per heavy atom. The van der Waals surface area contributed by atoms with Crippen LogP contribution in [0.4, 0.5) is 4.39 Å². The molecular weight excluding hydrogens is 289 g/mol. The number of rotatable bonds is 1. The number of ketones is 2. The number of carbonyl (C=O) groups excluding carboxylic acids is 4. The van der Waals surface area contributed by atoms with E-state index in [4.69, 9.17) is 0 Å². The van der Waals surface area contributed by atoms with E-state index < -0.39 is 35.1 Å². The lowest BCUT2D eigenvalue weighted by Gasteiger charge is -2.27. The van der Waals surface area contributed by atoms with E-state index in [0.29, 0.717) is 0 Å². The molecule has 1 heterocycles. The fraction of sp³-hybridized carbons (Fsp3) is 0.375. The molecule has 3 rings (SSSR count). The molecular formula is C16H14FNO4. The number of imide groups is 1. The number of carbonyl (C=O) groups is 4. The minimum absolute atomic E-state index is 0.0159. The normalized spacial score (nSPS) is 25.5. The van der Waals surface area contributed by atoms with Gasteiger partial charge < -0.3 is 0 Å². The van der Waals surface area contributed by atoms with Gasteiger partial charge in [0.1, 0.15) is 5.82 Å². The summed E-state index contributed by atoms with van der Waals surface area (Å²) >= 11 is 0. The van der Waals surface area contributed by atoms with Gasteiger partial charge in [0.2, 0.25) is 11.8 Å². The zero-order chi connectivity index (χ0) is 15.9. The summed E-state index contributed by atoms with van der Waals surface area (Å²) in [6.45, 7) is 0. The van der Waals surface area contributed by atoms with Gasteiger partial charge in [-0.05, 0) is 18.9 Å². The number of fused-ring (bicyclic) bond motifs is 1. The van der Waals surface area contributed by atoms with Crippen molar-refractivity contribution in [1.82, 2.24) is 5.32 Å². The standard InChI is InChI=1S/C16H14FNO4/c17-11-3-1-2-10-14(11)12(19)6-4-8(15(10)21)9-5-7-13(20)18-16(9)22/h1-3,8-9H,4-7H2,(H,18,20,22). The van der Waals surface area contributed by atoms with E-state index in [0.717, 1.165) is 6.07 Å². The predicted molar refractivity (Wildman–Crippen MR) is 73.7 cm³/mol. The zero-order valence-corrected chi connectivity index (χ0v) is 11.7. The maximum atomic E-state index is 13.9. The average Bonchev–Trinajstić information content (AvgIpc) is 2.59. The molecule has 2 amide bonds. The smallest absolute Gasteiger partial charge is 0.230 e. The molecule has 1 aliphatic carbocycles. The first-order valence-electron chi connectivity index (χ1n) is 7.18. The number of nitrogens with one attached hydrogen (secondary N) is 1. The number of Topliss-reactive ketones (excluding diaryl/α,β-unsaturated/α-hetero) is 2. The highest BCUT2D eigenvalue weighted by molar-refractivity contribution is 6.13. The van der Waals surface area contributed by atoms with Crippen molar-refractivity contribution < 1.29 is 23.6 Å². The summed E-state index contributed by atoms with van der Waals surface area (Å²) in [6, 6.07) is 3.95. The van der Waals surface area contributed by atoms with E-state index in [9.17, 15) is 23.6 Å². The molecule has 0 saturated carbocycles. The highest BCUT2D eigenvalue weighted by atomic mass is 19.1. The van der Waals surface area contributed by atoms with Gasteiger partial charge in [-0.15, -0.1) is 0 Å². The van der Waals surface area contributed by atoms with E-state index in [1.165, 1.54) is 12.1 Å². The summed E-state index contributed by atoms with van der Waals surface area (Å²) in [7, 11) is 0. The molecule has 1 fully saturated rings. The van der Waals surface area contributed by atoms with E-state index in [1.807, 2.05) is 0 Å². The monoisotopic (exact) mass is 303 g/mol. The van der Waals surface area contributed by atoms with Crippen LogP contribution in [0.3, 0.4) is 0 Å². The summed E-state index contributed by atoms with van der Waals surface area (Å²) in [5.41, 5.74) is -0.139. The van der Waals surface area contributed by atoms with Crippen LogP contribution in [0.1, 0.15) is 46.4 Å². The molecule has 0 bridgehead atoms. The van der Waals surface area contributed by atoms with E-state index >= 15 is 0 Å². The van der Waals surface area contributed by atoms with Crippen molar-refractivity contribution in [2.75, 3.05) is 0 Å². The van der Waals surface area contributed by atoms with Crippen LogP contribution >= 0.6 is 0 Å². The minimum Gasteiger partial charge on any atom is -0.296 e. The first kappa shape index (κ1) is 14.6. The van der Waals surface area contributed by atoms with Crippen LogP contribution < -0.4 is 5.32 Å². The molecule has 1 aromatic carbocycles. The number of amides is 2. The lowest BCUT2D eigenvalue weighted by molar-refractivity contribution is -0.137. The summed E-state index contributed by atoms with van der Waals surface area (Å²) in [5.74, 6) is -3.70. The van der Waals surface area contributed by atoms with Crippen molar-refractivity contribution in [3.05, 3.63) is 35.1 Å². The predicted octanol–water partition coefficient (Wildman–Crippen LogP) is 1.65. The Kier molecular flexibility index (Phi) is 3.60. The lowest BCUT2D eigenvalue weighted by Crippen LogP contribution is -2.45. The van der Waals surface area contributed by atoms with Crippen molar-refractivity contribution in [2.45, 2.75) is 25.7 Å². The fourth-order valence-electron chi connectivity index (χ4n) is 3.23. The third kappa shape index (κ3) is 2.34. The number of piperidine rings is 1. The first-order chi connectivity index (χ1) is 10.5. The molecule has 0 aromatic heterocycles. The third-order valence-corrected chi connectivity index (χ3v) is 4.34. The molecule has 2 atom stereocenters. The van der Waals surface area contributed by atoms with Crippen LogP contribution in [0.15, 0.2) is 18.2 Å². The summed E-state index contributed by atoms with van der Waals surface area (Å²) in [5, 5.41) is 2.23. The van der Waals surface area contributed by atoms with Crippen LogP contribution in [0.25, 0.3) is 0 Å². The van der Waals surface area contributed by atoms with Crippen molar-refractivity contribution in [3.63, 3.8) is 0 Å². The number of hydrogen-bond acceptors (Lipinski definition) is 4. The molecule has 0 spiro atoms. The summed E-state index contributed by atoms with van der Waals surface area (Å²) in [4.78, 5) is 48.0. The maximum absolute atomic E-state index is 13.9. The van der Waals surface area contributed by atoms with Gasteiger partial charge in [-0.3, -0.25) is 24.5 Å². The van der Waals surface area contributed by atoms with Crippen molar-refractivity contribution in [1.29, 1.82) is 0 Å².